The molecule has 2 atom stereocenters. The summed E-state index contributed by atoms with van der Waals surface area (Å²) >= 11 is 12.7. The Hall–Kier alpha value is -1.82. The van der Waals surface area contributed by atoms with Gasteiger partial charge in [0.1, 0.15) is 18.5 Å². The van der Waals surface area contributed by atoms with Gasteiger partial charge in [-0.15, -0.1) is 34.0 Å². The lowest BCUT2D eigenvalue weighted by Crippen LogP contribution is -2.48. The molecular weight excluding hydrogens is 663 g/mol. The number of carbonyl (C=O) groups excluding carboxylic acids is 1. The molecule has 2 fully saturated rings. The highest BCUT2D eigenvalue weighted by molar-refractivity contribution is 8.93. The molecule has 5 rings (SSSR count). The molecule has 3 aromatic rings. The van der Waals surface area contributed by atoms with E-state index in [2.05, 4.69) is 16.0 Å². The molecule has 0 radical (unpaired) electrons. The normalized spacial score (nSPS) is 21.0. The standard InChI is InChI=1S/C26H28Cl2N4O4.2BrH/c1-19(33)31-9-11-32(12-10-31)21-3-2-4-22(14-21)34-15-23-16-35-26(36-23,17-30-8-7-29-18-30)24-6-5-20(27)13-25(24)28;;/h2-8,13-14,18,23H,9-12,15-17H2,1H3;2*1H/t23-,26-;;/m1../s1. The minimum Gasteiger partial charge on any atom is -0.491 e. The van der Waals surface area contributed by atoms with E-state index >= 15 is 0 Å². The van der Waals surface area contributed by atoms with E-state index in [9.17, 15) is 4.79 Å². The van der Waals surface area contributed by atoms with Crippen molar-refractivity contribution in [3.63, 3.8) is 0 Å². The van der Waals surface area contributed by atoms with Gasteiger partial charge in [-0.1, -0.05) is 35.3 Å². The largest absolute Gasteiger partial charge is 0.491 e. The quantitative estimate of drug-likeness (QED) is 0.332. The first kappa shape index (κ1) is 30.7. The summed E-state index contributed by atoms with van der Waals surface area (Å²) in [7, 11) is 0. The molecule has 12 heteroatoms. The van der Waals surface area contributed by atoms with Crippen LogP contribution in [0.3, 0.4) is 0 Å². The van der Waals surface area contributed by atoms with Crippen molar-refractivity contribution < 1.29 is 19.0 Å². The van der Waals surface area contributed by atoms with Gasteiger partial charge in [0.15, 0.2) is 0 Å². The summed E-state index contributed by atoms with van der Waals surface area (Å²) < 4.78 is 20.7. The zero-order valence-electron chi connectivity index (χ0n) is 20.8. The minimum atomic E-state index is -1.09. The Bertz CT molecular complexity index is 1210. The van der Waals surface area contributed by atoms with E-state index in [0.29, 0.717) is 35.4 Å². The first-order valence-electron chi connectivity index (χ1n) is 11.9. The van der Waals surface area contributed by atoms with Crippen LogP contribution in [0.5, 0.6) is 5.75 Å². The Morgan fingerprint density at radius 3 is 2.61 bits per heavy atom. The lowest BCUT2D eigenvalue weighted by Gasteiger charge is -2.35. The average Bonchev–Trinajstić information content (AvgIpc) is 3.54. The summed E-state index contributed by atoms with van der Waals surface area (Å²) in [5.74, 6) is -0.217. The lowest BCUT2D eigenvalue weighted by molar-refractivity contribution is -0.189. The second-order valence-electron chi connectivity index (χ2n) is 8.96. The molecule has 38 heavy (non-hydrogen) atoms. The fraction of sp³-hybridized carbons (Fsp3) is 0.385. The van der Waals surface area contributed by atoms with E-state index in [0.717, 1.165) is 37.6 Å². The SMILES string of the molecule is Br.Br.CC(=O)N1CCN(c2cccc(OC[C@@H]3CO[C@@](Cn4ccnc4)(c4ccc(Cl)cc4Cl)O3)c2)CC1. The monoisotopic (exact) mass is 690 g/mol. The topological polar surface area (TPSA) is 69.1 Å². The van der Waals surface area contributed by atoms with Crippen LogP contribution in [-0.4, -0.2) is 65.9 Å². The predicted octanol–water partition coefficient (Wildman–Crippen LogP) is 5.36. The molecule has 0 unspecified atom stereocenters. The molecule has 8 nitrogen and oxygen atoms in total. The Morgan fingerprint density at radius 2 is 1.92 bits per heavy atom. The smallest absolute Gasteiger partial charge is 0.219 e. The number of carbonyl (C=O) groups is 1. The van der Waals surface area contributed by atoms with Crippen molar-refractivity contribution in [2.24, 2.45) is 0 Å². The number of ether oxygens (including phenoxy) is 3. The van der Waals surface area contributed by atoms with Crippen molar-refractivity contribution in [1.82, 2.24) is 14.5 Å². The maximum atomic E-state index is 11.6. The highest BCUT2D eigenvalue weighted by Crippen LogP contribution is 2.40. The van der Waals surface area contributed by atoms with Crippen LogP contribution in [0.15, 0.2) is 61.2 Å². The highest BCUT2D eigenvalue weighted by Gasteiger charge is 2.45. The molecule has 0 bridgehead atoms. The van der Waals surface area contributed by atoms with E-state index in [1.807, 2.05) is 39.9 Å². The number of amides is 1. The van der Waals surface area contributed by atoms with Crippen molar-refractivity contribution >= 4 is 68.8 Å². The van der Waals surface area contributed by atoms with Crippen molar-refractivity contribution in [3.8, 4) is 5.75 Å². The first-order valence-corrected chi connectivity index (χ1v) is 12.6. The van der Waals surface area contributed by atoms with Crippen LogP contribution in [0.25, 0.3) is 0 Å². The van der Waals surface area contributed by atoms with Crippen molar-refractivity contribution in [1.29, 1.82) is 0 Å². The van der Waals surface area contributed by atoms with Crippen LogP contribution in [-0.2, 0) is 26.6 Å². The molecule has 0 N–H and O–H groups in total. The lowest BCUT2D eigenvalue weighted by atomic mass is 10.1. The van der Waals surface area contributed by atoms with E-state index < -0.39 is 5.79 Å². The summed E-state index contributed by atoms with van der Waals surface area (Å²) in [6, 6.07) is 13.3. The van der Waals surface area contributed by atoms with Gasteiger partial charge >= 0.3 is 0 Å². The molecule has 0 saturated carbocycles. The van der Waals surface area contributed by atoms with Gasteiger partial charge in [-0.2, -0.15) is 0 Å². The van der Waals surface area contributed by atoms with Crippen LogP contribution in [0.2, 0.25) is 10.0 Å². The van der Waals surface area contributed by atoms with Gasteiger partial charge in [-0.3, -0.25) is 4.79 Å². The second-order valence-corrected chi connectivity index (χ2v) is 9.81. The van der Waals surface area contributed by atoms with Crippen molar-refractivity contribution in [2.45, 2.75) is 25.4 Å². The van der Waals surface area contributed by atoms with Gasteiger partial charge in [-0.05, 0) is 24.3 Å². The number of imidazole rings is 1. The zero-order chi connectivity index (χ0) is 25.1. The number of benzene rings is 2. The molecule has 206 valence electrons. The predicted molar refractivity (Wildman–Crippen MR) is 158 cm³/mol. The molecule has 2 aliphatic rings. The molecule has 0 spiro atoms. The van der Waals surface area contributed by atoms with Gasteiger partial charge in [0.2, 0.25) is 11.7 Å². The molecular formula is C26H30Br2Cl2N4O4. The van der Waals surface area contributed by atoms with E-state index in [4.69, 9.17) is 37.4 Å². The number of nitrogens with zero attached hydrogens (tertiary/aromatic N) is 4. The third kappa shape index (κ3) is 7.03. The van der Waals surface area contributed by atoms with Gasteiger partial charge in [0.05, 0.1) is 24.5 Å². The Morgan fingerprint density at radius 1 is 1.13 bits per heavy atom. The maximum absolute atomic E-state index is 11.6. The van der Waals surface area contributed by atoms with E-state index in [1.54, 1.807) is 31.6 Å². The molecule has 1 aromatic heterocycles. The number of halogens is 4. The zero-order valence-corrected chi connectivity index (χ0v) is 25.7. The van der Waals surface area contributed by atoms with E-state index in [1.165, 1.54) is 0 Å². The number of aromatic nitrogens is 2. The van der Waals surface area contributed by atoms with Crippen LogP contribution in [0.4, 0.5) is 5.69 Å². The number of piperazine rings is 1. The molecule has 0 aliphatic carbocycles. The van der Waals surface area contributed by atoms with E-state index in [-0.39, 0.29) is 46.0 Å². The average molecular weight is 693 g/mol. The van der Waals surface area contributed by atoms with Crippen LogP contribution in [0, 0.1) is 0 Å². The molecule has 2 saturated heterocycles. The third-order valence-electron chi connectivity index (χ3n) is 6.49. The fourth-order valence-electron chi connectivity index (χ4n) is 4.61. The van der Waals surface area contributed by atoms with Crippen molar-refractivity contribution in [2.75, 3.05) is 44.3 Å². The number of rotatable bonds is 7. The second kappa shape index (κ2) is 13.5. The molecule has 1 amide bonds. The maximum Gasteiger partial charge on any atom is 0.219 e. The summed E-state index contributed by atoms with van der Waals surface area (Å²) in [4.78, 5) is 19.9. The molecule has 3 heterocycles. The van der Waals surface area contributed by atoms with Crippen molar-refractivity contribution in [3.05, 3.63) is 76.8 Å². The number of anilines is 1. The Labute approximate surface area is 253 Å². The van der Waals surface area contributed by atoms with Crippen LogP contribution < -0.4 is 9.64 Å². The van der Waals surface area contributed by atoms with Crippen LogP contribution in [0.1, 0.15) is 12.5 Å². The summed E-state index contributed by atoms with van der Waals surface area (Å²) in [5.41, 5.74) is 1.78. The summed E-state index contributed by atoms with van der Waals surface area (Å²) in [6.07, 6.45) is 4.97. The Balaban J connectivity index is 0.00000200. The minimum absolute atomic E-state index is 0. The van der Waals surface area contributed by atoms with Gasteiger partial charge in [0.25, 0.3) is 0 Å². The summed E-state index contributed by atoms with van der Waals surface area (Å²) in [5, 5.41) is 1.02. The molecule has 2 aromatic carbocycles. The van der Waals surface area contributed by atoms with Crippen LogP contribution >= 0.6 is 57.2 Å². The third-order valence-corrected chi connectivity index (χ3v) is 7.04. The molecule has 2 aliphatic heterocycles. The highest BCUT2D eigenvalue weighted by atomic mass is 79.9. The fourth-order valence-corrected chi connectivity index (χ4v) is 5.17. The summed E-state index contributed by atoms with van der Waals surface area (Å²) in [6.45, 7) is 5.69. The van der Waals surface area contributed by atoms with Gasteiger partial charge in [-0.25, -0.2) is 4.98 Å². The Kier molecular flexibility index (Phi) is 10.9. The van der Waals surface area contributed by atoms with Gasteiger partial charge < -0.3 is 28.6 Å². The number of hydrogen-bond donors (Lipinski definition) is 0. The van der Waals surface area contributed by atoms with Gasteiger partial charge in [0, 0.05) is 67.8 Å². The number of hydrogen-bond acceptors (Lipinski definition) is 6. The first-order chi connectivity index (χ1) is 17.4.